The van der Waals surface area contributed by atoms with Gasteiger partial charge in [-0.3, -0.25) is 24.7 Å². The number of hydrogen-bond donors (Lipinski definition) is 0. The molecular formula is C21H25N3O5. The molecule has 29 heavy (non-hydrogen) atoms. The van der Waals surface area contributed by atoms with Crippen LogP contribution in [0, 0.1) is 16.0 Å². The van der Waals surface area contributed by atoms with Crippen LogP contribution in [0.3, 0.4) is 0 Å². The minimum atomic E-state index is -0.777. The number of benzene rings is 1. The number of allylic oxidation sites excluding steroid dienone is 2. The minimum absolute atomic E-state index is 0.0545. The molecule has 2 aliphatic rings. The maximum Gasteiger partial charge on any atom is 0.315 e. The van der Waals surface area contributed by atoms with Gasteiger partial charge in [0.25, 0.3) is 5.69 Å². The van der Waals surface area contributed by atoms with Crippen LogP contribution in [0.15, 0.2) is 34.5 Å². The Morgan fingerprint density at radius 3 is 2.69 bits per heavy atom. The number of nitrogens with zero attached hydrogens (tertiary/aromatic N) is 3. The summed E-state index contributed by atoms with van der Waals surface area (Å²) >= 11 is 0. The van der Waals surface area contributed by atoms with Gasteiger partial charge in [0.05, 0.1) is 11.5 Å². The molecule has 0 aromatic heterocycles. The first-order chi connectivity index (χ1) is 13.8. The summed E-state index contributed by atoms with van der Waals surface area (Å²) in [4.78, 5) is 43.0. The van der Waals surface area contributed by atoms with Crippen LogP contribution in [0.5, 0.6) is 0 Å². The number of anilines is 1. The fourth-order valence-electron chi connectivity index (χ4n) is 4.16. The van der Waals surface area contributed by atoms with Gasteiger partial charge in [0.15, 0.2) is 5.78 Å². The Hall–Kier alpha value is -3.03. The number of ether oxygens (including phenoxy) is 1. The van der Waals surface area contributed by atoms with E-state index >= 15 is 0 Å². The van der Waals surface area contributed by atoms with Crippen molar-refractivity contribution in [1.29, 1.82) is 0 Å². The van der Waals surface area contributed by atoms with Crippen molar-refractivity contribution >= 4 is 28.8 Å². The molecule has 0 fully saturated rings. The number of carbonyl (C=O) groups excluding carboxylic acids is 2. The topological polar surface area (TPSA) is 102 Å². The van der Waals surface area contributed by atoms with E-state index in [9.17, 15) is 19.7 Å². The van der Waals surface area contributed by atoms with Crippen LogP contribution in [-0.2, 0) is 14.3 Å². The maximum atomic E-state index is 12.8. The summed E-state index contributed by atoms with van der Waals surface area (Å²) in [5.74, 6) is -1.94. The summed E-state index contributed by atoms with van der Waals surface area (Å²) in [5, 5.41) is 11.7. The molecule has 0 spiro atoms. The van der Waals surface area contributed by atoms with Crippen molar-refractivity contribution in [1.82, 2.24) is 0 Å². The molecule has 1 aromatic rings. The Bertz CT molecular complexity index is 932. The van der Waals surface area contributed by atoms with Gasteiger partial charge in [-0.2, -0.15) is 0 Å². The second-order valence-corrected chi connectivity index (χ2v) is 7.50. The van der Waals surface area contributed by atoms with Crippen molar-refractivity contribution in [2.45, 2.75) is 39.0 Å². The quantitative estimate of drug-likeness (QED) is 0.427. The van der Waals surface area contributed by atoms with Crippen molar-refractivity contribution in [3.63, 3.8) is 0 Å². The third-order valence-corrected chi connectivity index (χ3v) is 5.41. The molecule has 0 saturated carbocycles. The molecule has 0 amide bonds. The molecule has 0 radical (unpaired) electrons. The second-order valence-electron chi connectivity index (χ2n) is 7.50. The number of aliphatic imine (C=N–C) groups is 1. The lowest BCUT2D eigenvalue weighted by Crippen LogP contribution is -2.37. The number of Topliss-reactive ketones (excluding diaryl/α,β-unsaturated/α-hetero) is 1. The highest BCUT2D eigenvalue weighted by Crippen LogP contribution is 2.45. The van der Waals surface area contributed by atoms with E-state index in [-0.39, 0.29) is 18.1 Å². The van der Waals surface area contributed by atoms with E-state index in [1.54, 1.807) is 45.0 Å². The first-order valence-electron chi connectivity index (χ1n) is 9.70. The first-order valence-corrected chi connectivity index (χ1v) is 9.70. The van der Waals surface area contributed by atoms with E-state index in [4.69, 9.17) is 4.74 Å². The smallest absolute Gasteiger partial charge is 0.315 e. The number of esters is 1. The van der Waals surface area contributed by atoms with Gasteiger partial charge in [0, 0.05) is 49.5 Å². The van der Waals surface area contributed by atoms with Gasteiger partial charge >= 0.3 is 5.97 Å². The van der Waals surface area contributed by atoms with Crippen molar-refractivity contribution < 1.29 is 19.2 Å². The van der Waals surface area contributed by atoms with Crippen LogP contribution < -0.4 is 4.90 Å². The van der Waals surface area contributed by atoms with Crippen molar-refractivity contribution in [3.8, 4) is 0 Å². The molecule has 1 aliphatic heterocycles. The Morgan fingerprint density at radius 1 is 1.34 bits per heavy atom. The number of nitro groups is 1. The fourth-order valence-corrected chi connectivity index (χ4v) is 4.16. The Morgan fingerprint density at radius 2 is 2.07 bits per heavy atom. The predicted molar refractivity (Wildman–Crippen MR) is 109 cm³/mol. The monoisotopic (exact) mass is 399 g/mol. The Kier molecular flexibility index (Phi) is 5.81. The zero-order valence-corrected chi connectivity index (χ0v) is 17.1. The summed E-state index contributed by atoms with van der Waals surface area (Å²) in [6, 6.07) is 4.88. The van der Waals surface area contributed by atoms with Crippen LogP contribution in [0.4, 0.5) is 11.4 Å². The average Bonchev–Trinajstić information content (AvgIpc) is 2.66. The van der Waals surface area contributed by atoms with E-state index < -0.39 is 22.7 Å². The molecule has 1 unspecified atom stereocenters. The van der Waals surface area contributed by atoms with Gasteiger partial charge in [0.1, 0.15) is 11.6 Å². The molecule has 8 heteroatoms. The van der Waals surface area contributed by atoms with E-state index in [1.807, 2.05) is 0 Å². The average molecular weight is 399 g/mol. The zero-order valence-electron chi connectivity index (χ0n) is 17.1. The highest BCUT2D eigenvalue weighted by Gasteiger charge is 2.43. The summed E-state index contributed by atoms with van der Waals surface area (Å²) in [6.07, 6.45) is 1.75. The molecule has 1 aliphatic carbocycles. The van der Waals surface area contributed by atoms with E-state index in [0.717, 1.165) is 0 Å². The van der Waals surface area contributed by atoms with Gasteiger partial charge < -0.3 is 9.64 Å². The molecule has 1 heterocycles. The SMILES string of the molecule is CCOC(=O)C1C(C)=NC2=C(C(=O)CCC2)[C@H]1c1ccc(N(C)C)c([N+](=O)[O-])c1. The standard InChI is InChI=1S/C21H25N3O5/c1-5-29-21(26)18-12(2)22-14-7-6-8-17(25)20(14)19(18)13-9-10-15(23(3)4)16(11-13)24(27)28/h9-11,18-19H,5-8H2,1-4H3/t18?,19-/m0/s1. The van der Waals surface area contributed by atoms with Gasteiger partial charge in [0.2, 0.25) is 0 Å². The first kappa shape index (κ1) is 20.7. The molecule has 2 atom stereocenters. The molecule has 0 saturated heterocycles. The third kappa shape index (κ3) is 3.79. The Labute approximate surface area is 169 Å². The number of hydrogen-bond acceptors (Lipinski definition) is 7. The predicted octanol–water partition coefficient (Wildman–Crippen LogP) is 3.41. The largest absolute Gasteiger partial charge is 0.465 e. The van der Waals surface area contributed by atoms with Crippen LogP contribution in [0.2, 0.25) is 0 Å². The number of carbonyl (C=O) groups is 2. The molecule has 3 rings (SSSR count). The van der Waals surface area contributed by atoms with E-state index in [0.29, 0.717) is 47.5 Å². The number of ketones is 1. The van der Waals surface area contributed by atoms with Crippen LogP contribution in [0.1, 0.15) is 44.6 Å². The van der Waals surface area contributed by atoms with Gasteiger partial charge in [-0.1, -0.05) is 6.07 Å². The highest BCUT2D eigenvalue weighted by molar-refractivity contribution is 6.08. The lowest BCUT2D eigenvalue weighted by molar-refractivity contribution is -0.384. The number of nitro benzene ring substituents is 1. The van der Waals surface area contributed by atoms with Gasteiger partial charge in [-0.05, 0) is 38.3 Å². The normalized spacial score (nSPS) is 21.4. The molecule has 1 aromatic carbocycles. The lowest BCUT2D eigenvalue weighted by Gasteiger charge is -2.34. The molecular weight excluding hydrogens is 374 g/mol. The van der Waals surface area contributed by atoms with Gasteiger partial charge in [-0.15, -0.1) is 0 Å². The molecule has 154 valence electrons. The zero-order chi connectivity index (χ0) is 21.3. The summed E-state index contributed by atoms with van der Waals surface area (Å²) in [6.45, 7) is 3.67. The Balaban J connectivity index is 2.21. The van der Waals surface area contributed by atoms with E-state index in [2.05, 4.69) is 4.99 Å². The summed E-state index contributed by atoms with van der Waals surface area (Å²) in [7, 11) is 3.46. The highest BCUT2D eigenvalue weighted by atomic mass is 16.6. The van der Waals surface area contributed by atoms with E-state index in [1.165, 1.54) is 6.07 Å². The molecule has 0 bridgehead atoms. The molecule has 0 N–H and O–H groups in total. The van der Waals surface area contributed by atoms with Crippen LogP contribution in [0.25, 0.3) is 0 Å². The fraction of sp³-hybridized carbons (Fsp3) is 0.476. The van der Waals surface area contributed by atoms with Crippen molar-refractivity contribution in [2.75, 3.05) is 25.6 Å². The maximum absolute atomic E-state index is 12.8. The number of rotatable bonds is 5. The van der Waals surface area contributed by atoms with Crippen LogP contribution in [-0.4, -0.2) is 43.1 Å². The summed E-state index contributed by atoms with van der Waals surface area (Å²) < 4.78 is 5.26. The lowest BCUT2D eigenvalue weighted by atomic mass is 9.71. The van der Waals surface area contributed by atoms with Gasteiger partial charge in [-0.25, -0.2) is 0 Å². The molecule has 8 nitrogen and oxygen atoms in total. The van der Waals surface area contributed by atoms with Crippen LogP contribution >= 0.6 is 0 Å². The second kappa shape index (κ2) is 8.14. The van der Waals surface area contributed by atoms with Crippen molar-refractivity contribution in [2.24, 2.45) is 10.9 Å². The van der Waals surface area contributed by atoms with Crippen molar-refractivity contribution in [3.05, 3.63) is 45.1 Å². The minimum Gasteiger partial charge on any atom is -0.465 e. The third-order valence-electron chi connectivity index (χ3n) is 5.41. The summed E-state index contributed by atoms with van der Waals surface area (Å²) in [5.41, 5.74) is 2.69.